The highest BCUT2D eigenvalue weighted by Crippen LogP contribution is 2.14. The average molecular weight is 270 g/mol. The number of rotatable bonds is 10. The van der Waals surface area contributed by atoms with Crippen LogP contribution in [0.15, 0.2) is 0 Å². The molecule has 1 aliphatic rings. The van der Waals surface area contributed by atoms with Crippen molar-refractivity contribution in [2.24, 2.45) is 0 Å². The van der Waals surface area contributed by atoms with E-state index in [4.69, 9.17) is 9.47 Å². The van der Waals surface area contributed by atoms with Crippen LogP contribution < -0.4 is 0 Å². The van der Waals surface area contributed by atoms with Crippen LogP contribution in [-0.2, 0) is 19.1 Å². The summed E-state index contributed by atoms with van der Waals surface area (Å²) in [6, 6.07) is 0. The Balaban J connectivity index is 1.91. The molecular weight excluding hydrogens is 244 g/mol. The smallest absolute Gasteiger partial charge is 0.157 e. The largest absolute Gasteiger partial charge is 0.353 e. The van der Waals surface area contributed by atoms with Crippen LogP contribution in [0.2, 0.25) is 0 Å². The van der Waals surface area contributed by atoms with Gasteiger partial charge in [0.2, 0.25) is 0 Å². The molecule has 4 nitrogen and oxygen atoms in total. The fraction of sp³-hybridized carbons (Fsp3) is 0.867. The fourth-order valence-corrected chi connectivity index (χ4v) is 2.14. The Kier molecular flexibility index (Phi) is 8.67. The number of carbonyl (C=O) groups is 2. The zero-order chi connectivity index (χ0) is 13.9. The van der Waals surface area contributed by atoms with Crippen LogP contribution in [0, 0.1) is 0 Å². The molecule has 0 aromatic rings. The first-order chi connectivity index (χ1) is 9.18. The van der Waals surface area contributed by atoms with Gasteiger partial charge in [-0.05, 0) is 39.0 Å². The van der Waals surface area contributed by atoms with Crippen molar-refractivity contribution in [1.29, 1.82) is 0 Å². The molecule has 0 N–H and O–H groups in total. The standard InChI is InChI=1S/C15H26O4/c1-13(16)7-3-2-4-8-14(17)10-12-19-15-9-5-6-11-18-15/h15H,2-12H2,1H3. The van der Waals surface area contributed by atoms with Crippen LogP contribution in [0.1, 0.15) is 64.7 Å². The van der Waals surface area contributed by atoms with Crippen LogP contribution in [0.4, 0.5) is 0 Å². The third-order valence-corrected chi connectivity index (χ3v) is 3.31. The summed E-state index contributed by atoms with van der Waals surface area (Å²) in [5.41, 5.74) is 0. The molecule has 1 fully saturated rings. The van der Waals surface area contributed by atoms with E-state index in [1.807, 2.05) is 0 Å². The number of unbranched alkanes of at least 4 members (excludes halogenated alkanes) is 2. The van der Waals surface area contributed by atoms with Gasteiger partial charge < -0.3 is 14.3 Å². The van der Waals surface area contributed by atoms with E-state index < -0.39 is 0 Å². The van der Waals surface area contributed by atoms with Gasteiger partial charge in [0.25, 0.3) is 0 Å². The Morgan fingerprint density at radius 1 is 1.11 bits per heavy atom. The quantitative estimate of drug-likeness (QED) is 0.573. The second-order valence-corrected chi connectivity index (χ2v) is 5.22. The molecule has 0 saturated carbocycles. The highest BCUT2D eigenvalue weighted by Gasteiger charge is 2.14. The Labute approximate surface area is 115 Å². The molecule has 1 atom stereocenters. The van der Waals surface area contributed by atoms with Crippen molar-refractivity contribution in [3.63, 3.8) is 0 Å². The Morgan fingerprint density at radius 3 is 2.58 bits per heavy atom. The molecule has 4 heteroatoms. The lowest BCUT2D eigenvalue weighted by Gasteiger charge is -2.22. The molecule has 0 radical (unpaired) electrons. The van der Waals surface area contributed by atoms with Gasteiger partial charge in [-0.2, -0.15) is 0 Å². The van der Waals surface area contributed by atoms with Gasteiger partial charge in [-0.1, -0.05) is 6.42 Å². The van der Waals surface area contributed by atoms with Crippen LogP contribution in [0.25, 0.3) is 0 Å². The topological polar surface area (TPSA) is 52.6 Å². The summed E-state index contributed by atoms with van der Waals surface area (Å²) in [5.74, 6) is 0.478. The normalized spacial score (nSPS) is 19.3. The molecule has 1 aliphatic heterocycles. The number of hydrogen-bond acceptors (Lipinski definition) is 4. The van der Waals surface area contributed by atoms with Gasteiger partial charge in [0.05, 0.1) is 6.61 Å². The number of carbonyl (C=O) groups excluding carboxylic acids is 2. The fourth-order valence-electron chi connectivity index (χ4n) is 2.14. The molecule has 1 saturated heterocycles. The highest BCUT2D eigenvalue weighted by atomic mass is 16.7. The third kappa shape index (κ3) is 8.89. The number of hydrogen-bond donors (Lipinski definition) is 0. The molecule has 0 amide bonds. The molecule has 19 heavy (non-hydrogen) atoms. The summed E-state index contributed by atoms with van der Waals surface area (Å²) in [6.45, 7) is 2.85. The van der Waals surface area contributed by atoms with Crippen molar-refractivity contribution in [2.45, 2.75) is 71.0 Å². The molecule has 1 rings (SSSR count). The first-order valence-electron chi connectivity index (χ1n) is 7.43. The molecule has 1 heterocycles. The number of ether oxygens (including phenoxy) is 2. The zero-order valence-electron chi connectivity index (χ0n) is 12.0. The Hall–Kier alpha value is -0.740. The lowest BCUT2D eigenvalue weighted by atomic mass is 10.1. The second-order valence-electron chi connectivity index (χ2n) is 5.22. The van der Waals surface area contributed by atoms with Gasteiger partial charge >= 0.3 is 0 Å². The first kappa shape index (κ1) is 16.3. The summed E-state index contributed by atoms with van der Waals surface area (Å²) in [6.07, 6.45) is 7.55. The molecule has 1 unspecified atom stereocenters. The molecular formula is C15H26O4. The summed E-state index contributed by atoms with van der Waals surface area (Å²) in [5, 5.41) is 0. The zero-order valence-corrected chi connectivity index (χ0v) is 12.0. The van der Waals surface area contributed by atoms with E-state index in [1.165, 1.54) is 0 Å². The average Bonchev–Trinajstić information content (AvgIpc) is 2.39. The molecule has 0 aromatic carbocycles. The SMILES string of the molecule is CC(=O)CCCCCC(=O)CCOC1CCCCO1. The van der Waals surface area contributed by atoms with E-state index >= 15 is 0 Å². The predicted molar refractivity (Wildman–Crippen MR) is 72.9 cm³/mol. The van der Waals surface area contributed by atoms with Gasteiger partial charge in [-0.15, -0.1) is 0 Å². The van der Waals surface area contributed by atoms with E-state index in [2.05, 4.69) is 0 Å². The lowest BCUT2D eigenvalue weighted by molar-refractivity contribution is -0.164. The second kappa shape index (κ2) is 10.1. The van der Waals surface area contributed by atoms with E-state index in [0.29, 0.717) is 25.9 Å². The molecule has 110 valence electrons. The van der Waals surface area contributed by atoms with E-state index in [1.54, 1.807) is 6.92 Å². The number of Topliss-reactive ketones (excluding diaryl/α,β-unsaturated/α-hetero) is 2. The first-order valence-corrected chi connectivity index (χ1v) is 7.43. The van der Waals surface area contributed by atoms with Crippen LogP contribution in [-0.4, -0.2) is 31.1 Å². The van der Waals surface area contributed by atoms with Gasteiger partial charge in [0.15, 0.2) is 6.29 Å². The van der Waals surface area contributed by atoms with Gasteiger partial charge in [0.1, 0.15) is 11.6 Å². The minimum absolute atomic E-state index is 0.0999. The predicted octanol–water partition coefficient (Wildman–Crippen LogP) is 3.03. The summed E-state index contributed by atoms with van der Waals surface area (Å²) in [4.78, 5) is 22.3. The Bertz CT molecular complexity index is 269. The minimum atomic E-state index is -0.0999. The van der Waals surface area contributed by atoms with Crippen molar-refractivity contribution in [1.82, 2.24) is 0 Å². The summed E-state index contributed by atoms with van der Waals surface area (Å²) in [7, 11) is 0. The Morgan fingerprint density at radius 2 is 1.89 bits per heavy atom. The van der Waals surface area contributed by atoms with E-state index in [9.17, 15) is 9.59 Å². The van der Waals surface area contributed by atoms with Crippen molar-refractivity contribution in [2.75, 3.05) is 13.2 Å². The van der Waals surface area contributed by atoms with Crippen molar-refractivity contribution >= 4 is 11.6 Å². The molecule has 0 aliphatic carbocycles. The highest BCUT2D eigenvalue weighted by molar-refractivity contribution is 5.78. The molecule has 0 aromatic heterocycles. The molecule has 0 bridgehead atoms. The van der Waals surface area contributed by atoms with E-state index in [-0.39, 0.29) is 17.9 Å². The third-order valence-electron chi connectivity index (χ3n) is 3.31. The van der Waals surface area contributed by atoms with E-state index in [0.717, 1.165) is 45.1 Å². The number of ketones is 2. The van der Waals surface area contributed by atoms with Crippen molar-refractivity contribution < 1.29 is 19.1 Å². The lowest BCUT2D eigenvalue weighted by Crippen LogP contribution is -2.23. The van der Waals surface area contributed by atoms with Gasteiger partial charge in [-0.25, -0.2) is 0 Å². The maximum Gasteiger partial charge on any atom is 0.157 e. The van der Waals surface area contributed by atoms with Crippen molar-refractivity contribution in [3.8, 4) is 0 Å². The van der Waals surface area contributed by atoms with Gasteiger partial charge in [-0.3, -0.25) is 4.79 Å². The maximum absolute atomic E-state index is 11.6. The van der Waals surface area contributed by atoms with Crippen molar-refractivity contribution in [3.05, 3.63) is 0 Å². The summed E-state index contributed by atoms with van der Waals surface area (Å²) >= 11 is 0. The van der Waals surface area contributed by atoms with Crippen LogP contribution in [0.5, 0.6) is 0 Å². The van der Waals surface area contributed by atoms with Gasteiger partial charge in [0, 0.05) is 25.9 Å². The minimum Gasteiger partial charge on any atom is -0.353 e. The van der Waals surface area contributed by atoms with Crippen LogP contribution >= 0.6 is 0 Å². The summed E-state index contributed by atoms with van der Waals surface area (Å²) < 4.78 is 11.0. The van der Waals surface area contributed by atoms with Crippen LogP contribution in [0.3, 0.4) is 0 Å². The monoisotopic (exact) mass is 270 g/mol. The molecule has 0 spiro atoms. The maximum atomic E-state index is 11.6.